The fourth-order valence-corrected chi connectivity index (χ4v) is 16.4. The average molecular weight is 1840 g/mol. The molecule has 11 aliphatic heterocycles. The highest BCUT2D eigenvalue weighted by Gasteiger charge is 2.63. The molecule has 2 amide bonds. The maximum Gasteiger partial charge on any atom is 0.217 e. The van der Waals surface area contributed by atoms with Gasteiger partial charge in [0.2, 0.25) is 11.8 Å². The van der Waals surface area contributed by atoms with Gasteiger partial charge in [0.05, 0.1) is 71.2 Å². The first kappa shape index (κ1) is 102. The number of carbonyl (C=O) groups is 2. The van der Waals surface area contributed by atoms with Crippen molar-refractivity contribution in [1.82, 2.24) is 10.6 Å². The topological polar surface area (TPSA) is 859 Å². The second-order valence-corrected chi connectivity index (χ2v) is 32.3. The summed E-state index contributed by atoms with van der Waals surface area (Å²) in [4.78, 5) is 27.6. The van der Waals surface area contributed by atoms with E-state index in [-0.39, 0.29) is 0 Å². The van der Waals surface area contributed by atoms with Gasteiger partial charge in [0.1, 0.15) is 250 Å². The smallest absolute Gasteiger partial charge is 0.217 e. The highest BCUT2D eigenvalue weighted by atomic mass is 16.8. The third-order valence-corrected chi connectivity index (χ3v) is 23.7. The SMILES string of the molecule is CC(=O)N[C@H]1[C@H](O[C@H]2[C@@H](O)[C@@H](CO[C@@H]3O[C@H](CO)[C@@H](O[C@@H]4O[C@H](CO)[C@H](O)[C@H](O[C@H]5O[C@H](CO)[C@H](O)[C@H](O)[C@H]5O)[C@H]4O[C@@H]4O[C@@H](C)[C@@H](O)[C@@H](O)[C@@H]4O)[C@H](O[C@@H]4O[C@@H](C)[C@@H](O)[C@@H](O)[C@@H]4O)[C@H]3NC(C)=O)O[C@@H](O[C@H]3[C@H](O)[C@@H](O)[C@H](O)O[C@@H]3CO)[C@@H]2O)O[C@H](CO)[C@@H](O[C@@H]2O[C@H](CO)[C@H](O)[C@H](O[C@H]3O[C@H](CO)[C@H](O)[C@H](O)[C@H]3O)[C@H]2O)[C@@H]1O[C@@H]1O[C@@H](C)[C@@H](O)[C@@H](O)[C@@H]1O. The number of rotatable bonds is 30. The molecule has 0 aromatic rings. The second-order valence-electron chi connectivity index (χ2n) is 32.3. The van der Waals surface area contributed by atoms with Gasteiger partial charge < -0.3 is 263 Å². The molecule has 0 spiro atoms. The van der Waals surface area contributed by atoms with E-state index in [9.17, 15) is 163 Å². The summed E-state index contributed by atoms with van der Waals surface area (Å²) in [5, 5.41) is 339. The van der Waals surface area contributed by atoms with Crippen molar-refractivity contribution in [1.29, 1.82) is 0 Å². The van der Waals surface area contributed by atoms with Crippen LogP contribution in [0.1, 0.15) is 34.6 Å². The molecule has 125 heavy (non-hydrogen) atoms. The summed E-state index contributed by atoms with van der Waals surface area (Å²) in [6, 6.07) is -4.24. The zero-order chi connectivity index (χ0) is 91.8. The van der Waals surface area contributed by atoms with Crippen LogP contribution < -0.4 is 10.6 Å². The Hall–Kier alpha value is -3.10. The third-order valence-electron chi connectivity index (χ3n) is 23.7. The Balaban J connectivity index is 0.961. The van der Waals surface area contributed by atoms with Gasteiger partial charge in [0, 0.05) is 13.8 Å². The van der Waals surface area contributed by atoms with E-state index in [1.165, 1.54) is 20.8 Å². The number of aliphatic hydroxyl groups excluding tert-OH is 30. The van der Waals surface area contributed by atoms with E-state index in [1.54, 1.807) is 0 Å². The van der Waals surface area contributed by atoms with E-state index >= 15 is 0 Å². The van der Waals surface area contributed by atoms with E-state index in [0.29, 0.717) is 0 Å². The molecule has 11 rings (SSSR count). The number of aliphatic hydroxyl groups is 30. The monoisotopic (exact) mass is 1830 g/mol. The highest BCUT2D eigenvalue weighted by molar-refractivity contribution is 5.73. The van der Waals surface area contributed by atoms with E-state index in [2.05, 4.69) is 10.6 Å². The minimum atomic E-state index is -2.57. The maximum absolute atomic E-state index is 13.8. The van der Waals surface area contributed by atoms with Crippen molar-refractivity contribution in [2.45, 2.75) is 372 Å². The number of carbonyl (C=O) groups excluding carboxylic acids is 2. The summed E-state index contributed by atoms with van der Waals surface area (Å²) in [6.07, 6.45) is -112. The Morgan fingerprint density at radius 1 is 0.224 bits per heavy atom. The summed E-state index contributed by atoms with van der Waals surface area (Å²) in [5.41, 5.74) is 0. The van der Waals surface area contributed by atoms with Crippen LogP contribution in [-0.4, -0.2) is 556 Å². The lowest BCUT2D eigenvalue weighted by atomic mass is 9.93. The molecule has 0 aliphatic carbocycles. The fourth-order valence-electron chi connectivity index (χ4n) is 16.4. The first-order valence-corrected chi connectivity index (χ1v) is 40.3. The van der Waals surface area contributed by atoms with Crippen LogP contribution in [0.5, 0.6) is 0 Å². The van der Waals surface area contributed by atoms with Crippen LogP contribution >= 0.6 is 0 Å². The Kier molecular flexibility index (Phi) is 36.0. The number of ether oxygens (including phenoxy) is 21. The molecule has 55 nitrogen and oxygen atoms in total. The summed E-state index contributed by atoms with van der Waals surface area (Å²) in [5.74, 6) is -2.12. The molecular formula is C70H118N2O53. The lowest BCUT2D eigenvalue weighted by Crippen LogP contribution is -2.72. The molecule has 11 aliphatic rings. The van der Waals surface area contributed by atoms with Gasteiger partial charge in [-0.1, -0.05) is 0 Å². The minimum Gasteiger partial charge on any atom is -0.394 e. The molecule has 11 fully saturated rings. The van der Waals surface area contributed by atoms with Crippen molar-refractivity contribution in [3.63, 3.8) is 0 Å². The molecule has 0 unspecified atom stereocenters. The minimum absolute atomic E-state index is 0.883. The number of hydrogen-bond acceptors (Lipinski definition) is 53. The van der Waals surface area contributed by atoms with Crippen LogP contribution in [0, 0.1) is 0 Å². The maximum atomic E-state index is 13.8. The molecule has 0 aromatic heterocycles. The summed E-state index contributed by atoms with van der Waals surface area (Å²) < 4.78 is 127. The molecule has 726 valence electrons. The van der Waals surface area contributed by atoms with Gasteiger partial charge in [0.25, 0.3) is 0 Å². The van der Waals surface area contributed by atoms with Gasteiger partial charge in [-0.2, -0.15) is 0 Å². The van der Waals surface area contributed by atoms with Gasteiger partial charge in [-0.3, -0.25) is 9.59 Å². The molecule has 55 atom stereocenters. The molecule has 32 N–H and O–H groups in total. The van der Waals surface area contributed by atoms with E-state index in [4.69, 9.17) is 99.5 Å². The standard InChI is InChI=1S/C70H118N2O53/c1-14-29(82)37(90)44(97)63(106-14)120-54-27(71-17(4)80)61(114-24(11-78)53(54)119-70-59(125-65-46(99)39(92)31(84)16(3)108-65)58(35(88)22(9-76)113-70)124-67-48(101)41(94)33(86)20(7-74)111-67)105-13-26-36(89)57(50(103)69(116-26)117-51-23(10-77)109-60(104)43(96)42(51)95)122-62-28(72-18(5)81)55(121-64-45(98)38(91)30(83)15(2)107-64)52(25(12-79)115-62)118-68-49(102)56(34(87)21(8-75)112-68)123-66-47(100)40(93)32(85)19(6-73)110-66/h14-16,19-70,73-79,82-104H,6-13H2,1-5H3,(H,71,80)(H,72,81)/t14-,15-,16-,19+,20+,21+,22+,23+,24+,25+,26+,27+,28+,29+,30+,31+,32-,33-,34-,35-,36-,37+,38+,39+,40-,41-,42+,43+,44-,45-,46-,47+,48+,49+,50+,51+,52+,53+,54+,55+,56-,57-,58-,59+,60+,61+,62-,63-,64-,65-,66+,67+,68-,69-,70-/m0/s1. The van der Waals surface area contributed by atoms with E-state index in [0.717, 1.165) is 13.8 Å². The van der Waals surface area contributed by atoms with Crippen LogP contribution in [0.25, 0.3) is 0 Å². The van der Waals surface area contributed by atoms with Crippen molar-refractivity contribution in [3.8, 4) is 0 Å². The fraction of sp³-hybridized carbons (Fsp3) is 0.971. The lowest BCUT2D eigenvalue weighted by molar-refractivity contribution is -0.409. The van der Waals surface area contributed by atoms with Gasteiger partial charge in [-0.25, -0.2) is 0 Å². The Morgan fingerprint density at radius 2 is 0.488 bits per heavy atom. The zero-order valence-electron chi connectivity index (χ0n) is 67.2. The Labute approximate surface area is 707 Å². The highest BCUT2D eigenvalue weighted by Crippen LogP contribution is 2.43. The van der Waals surface area contributed by atoms with Crippen LogP contribution in [0.15, 0.2) is 0 Å². The molecule has 55 heteroatoms. The number of nitrogens with one attached hydrogen (secondary N) is 2. The van der Waals surface area contributed by atoms with Crippen molar-refractivity contribution in [2.24, 2.45) is 0 Å². The van der Waals surface area contributed by atoms with Crippen molar-refractivity contribution in [2.75, 3.05) is 52.9 Å². The quantitative estimate of drug-likeness (QED) is 0.0318. The van der Waals surface area contributed by atoms with Gasteiger partial charge in [-0.05, 0) is 20.8 Å². The normalized spacial score (nSPS) is 52.6. The molecule has 0 aromatic carbocycles. The summed E-state index contributed by atoms with van der Waals surface area (Å²) in [7, 11) is 0. The molecule has 0 saturated carbocycles. The Bertz CT molecular complexity index is 3330. The summed E-state index contributed by atoms with van der Waals surface area (Å²) in [6.45, 7) is -3.99. The second kappa shape index (κ2) is 43.9. The first-order chi connectivity index (χ1) is 59.1. The molecule has 11 saturated heterocycles. The first-order valence-electron chi connectivity index (χ1n) is 40.3. The van der Waals surface area contributed by atoms with E-state index in [1.807, 2.05) is 0 Å². The van der Waals surface area contributed by atoms with Gasteiger partial charge in [0.15, 0.2) is 69.2 Å². The molecule has 11 heterocycles. The molecular weight excluding hydrogens is 1720 g/mol. The van der Waals surface area contributed by atoms with Gasteiger partial charge in [-0.15, -0.1) is 0 Å². The van der Waals surface area contributed by atoms with Crippen LogP contribution in [-0.2, 0) is 109 Å². The summed E-state index contributed by atoms with van der Waals surface area (Å²) >= 11 is 0. The van der Waals surface area contributed by atoms with Crippen molar-refractivity contribution < 1.29 is 262 Å². The number of amides is 2. The van der Waals surface area contributed by atoms with Crippen molar-refractivity contribution >= 4 is 11.8 Å². The van der Waals surface area contributed by atoms with E-state index < -0.39 is 402 Å². The van der Waals surface area contributed by atoms with Gasteiger partial charge >= 0.3 is 0 Å². The molecule has 0 radical (unpaired) electrons. The average Bonchev–Trinajstić information content (AvgIpc) is 0.758. The predicted octanol–water partition coefficient (Wildman–Crippen LogP) is -21.6. The lowest BCUT2D eigenvalue weighted by Gasteiger charge is -2.52. The largest absolute Gasteiger partial charge is 0.394 e. The Morgan fingerprint density at radius 3 is 0.888 bits per heavy atom. The third kappa shape index (κ3) is 21.8. The molecule has 0 bridgehead atoms. The zero-order valence-corrected chi connectivity index (χ0v) is 67.2. The van der Waals surface area contributed by atoms with Crippen LogP contribution in [0.3, 0.4) is 0 Å². The van der Waals surface area contributed by atoms with Crippen LogP contribution in [0.2, 0.25) is 0 Å². The predicted molar refractivity (Wildman–Crippen MR) is 381 cm³/mol. The number of hydrogen-bond donors (Lipinski definition) is 32. The van der Waals surface area contributed by atoms with Crippen molar-refractivity contribution in [3.05, 3.63) is 0 Å². The van der Waals surface area contributed by atoms with Crippen LogP contribution in [0.4, 0.5) is 0 Å².